The smallest absolute Gasteiger partial charge is 0.217 e. The zero-order valence-electron chi connectivity index (χ0n) is 6.11. The van der Waals surface area contributed by atoms with Crippen LogP contribution in [0.2, 0.25) is 0 Å². The van der Waals surface area contributed by atoms with E-state index in [-0.39, 0.29) is 11.3 Å². The lowest BCUT2D eigenvalue weighted by Gasteiger charge is -2.15. The van der Waals surface area contributed by atoms with Gasteiger partial charge in [-0.2, -0.15) is 0 Å². The molecule has 2 heteroatoms. The van der Waals surface area contributed by atoms with Crippen molar-refractivity contribution in [3.63, 3.8) is 0 Å². The summed E-state index contributed by atoms with van der Waals surface area (Å²) in [6.07, 6.45) is 1.21. The Hall–Kier alpha value is -0.530. The number of amides is 1. The van der Waals surface area contributed by atoms with Crippen LogP contribution in [0.4, 0.5) is 0 Å². The highest BCUT2D eigenvalue weighted by atomic mass is 16.1. The van der Waals surface area contributed by atoms with Crippen LogP contribution in [0.25, 0.3) is 0 Å². The van der Waals surface area contributed by atoms with E-state index in [1.54, 1.807) is 0 Å². The summed E-state index contributed by atoms with van der Waals surface area (Å²) in [7, 11) is 0. The molecule has 2 nitrogen and oxygen atoms in total. The van der Waals surface area contributed by atoms with E-state index < -0.39 is 0 Å². The predicted octanol–water partition coefficient (Wildman–Crippen LogP) is 1.11. The molecule has 0 aromatic heterocycles. The van der Waals surface area contributed by atoms with Crippen molar-refractivity contribution in [2.75, 3.05) is 0 Å². The molecular formula is C7H14NO. The monoisotopic (exact) mass is 128 g/mol. The van der Waals surface area contributed by atoms with Crippen molar-refractivity contribution in [3.05, 3.63) is 6.92 Å². The number of carbonyl (C=O) groups excluding carboxylic acids is 1. The van der Waals surface area contributed by atoms with Gasteiger partial charge in [-0.15, -0.1) is 0 Å². The van der Waals surface area contributed by atoms with E-state index in [0.717, 1.165) is 6.42 Å². The first kappa shape index (κ1) is 8.47. The summed E-state index contributed by atoms with van der Waals surface area (Å²) < 4.78 is 0. The standard InChI is InChI=1S/C7H14NO/c1-7(2,3)5-4-6(8)9/h1,4-5H2,2-3H3,(H2,8,9). The fourth-order valence-electron chi connectivity index (χ4n) is 0.462. The third-order valence-electron chi connectivity index (χ3n) is 1.05. The van der Waals surface area contributed by atoms with Crippen LogP contribution >= 0.6 is 0 Å². The molecule has 1 amide bonds. The Morgan fingerprint density at radius 2 is 2.11 bits per heavy atom. The number of nitrogens with two attached hydrogens (primary N) is 1. The van der Waals surface area contributed by atoms with E-state index in [1.165, 1.54) is 0 Å². The van der Waals surface area contributed by atoms with Gasteiger partial charge in [0, 0.05) is 6.42 Å². The van der Waals surface area contributed by atoms with Gasteiger partial charge in [0.1, 0.15) is 0 Å². The van der Waals surface area contributed by atoms with Gasteiger partial charge in [0.2, 0.25) is 5.91 Å². The summed E-state index contributed by atoms with van der Waals surface area (Å²) in [4.78, 5) is 10.2. The van der Waals surface area contributed by atoms with Crippen LogP contribution in [0.15, 0.2) is 0 Å². The second-order valence-corrected chi connectivity index (χ2v) is 3.13. The summed E-state index contributed by atoms with van der Waals surface area (Å²) in [5, 5.41) is 0. The Labute approximate surface area is 56.4 Å². The summed E-state index contributed by atoms with van der Waals surface area (Å²) in [5.74, 6) is -0.244. The van der Waals surface area contributed by atoms with Gasteiger partial charge in [0.15, 0.2) is 0 Å². The molecule has 0 spiro atoms. The third-order valence-corrected chi connectivity index (χ3v) is 1.05. The van der Waals surface area contributed by atoms with Gasteiger partial charge in [0.25, 0.3) is 0 Å². The van der Waals surface area contributed by atoms with Crippen molar-refractivity contribution in [3.8, 4) is 0 Å². The Morgan fingerprint density at radius 1 is 1.67 bits per heavy atom. The highest BCUT2D eigenvalue weighted by molar-refractivity contribution is 5.73. The van der Waals surface area contributed by atoms with Crippen LogP contribution in [0.1, 0.15) is 26.7 Å². The molecule has 2 N–H and O–H groups in total. The number of primary amides is 1. The molecular weight excluding hydrogens is 114 g/mol. The van der Waals surface area contributed by atoms with Gasteiger partial charge in [-0.25, -0.2) is 0 Å². The fraction of sp³-hybridized carbons (Fsp3) is 0.714. The SMILES string of the molecule is [CH2]C(C)(C)CCC(N)=O. The topological polar surface area (TPSA) is 43.1 Å². The zero-order chi connectivity index (χ0) is 7.49. The first-order valence-corrected chi connectivity index (χ1v) is 3.05. The van der Waals surface area contributed by atoms with Crippen molar-refractivity contribution >= 4 is 5.91 Å². The van der Waals surface area contributed by atoms with Gasteiger partial charge in [-0.3, -0.25) is 4.79 Å². The van der Waals surface area contributed by atoms with Gasteiger partial charge >= 0.3 is 0 Å². The van der Waals surface area contributed by atoms with Gasteiger partial charge in [-0.1, -0.05) is 13.8 Å². The Bertz CT molecular complexity index is 102. The molecule has 9 heavy (non-hydrogen) atoms. The lowest BCUT2D eigenvalue weighted by atomic mass is 9.90. The summed E-state index contributed by atoms with van der Waals surface area (Å²) in [6.45, 7) is 7.80. The average molecular weight is 128 g/mol. The first-order chi connectivity index (χ1) is 3.92. The molecule has 0 aliphatic rings. The van der Waals surface area contributed by atoms with Crippen LogP contribution < -0.4 is 5.73 Å². The molecule has 0 aromatic carbocycles. The quantitative estimate of drug-likeness (QED) is 0.608. The number of rotatable bonds is 3. The highest BCUT2D eigenvalue weighted by Gasteiger charge is 2.10. The van der Waals surface area contributed by atoms with E-state index >= 15 is 0 Å². The minimum Gasteiger partial charge on any atom is -0.370 e. The van der Waals surface area contributed by atoms with Gasteiger partial charge in [-0.05, 0) is 18.8 Å². The second kappa shape index (κ2) is 2.85. The van der Waals surface area contributed by atoms with E-state index in [2.05, 4.69) is 6.92 Å². The lowest BCUT2D eigenvalue weighted by Crippen LogP contribution is -2.15. The zero-order valence-corrected chi connectivity index (χ0v) is 6.11. The average Bonchev–Trinajstić information content (AvgIpc) is 1.59. The second-order valence-electron chi connectivity index (χ2n) is 3.13. The molecule has 0 saturated heterocycles. The first-order valence-electron chi connectivity index (χ1n) is 3.05. The van der Waals surface area contributed by atoms with Crippen molar-refractivity contribution in [1.29, 1.82) is 0 Å². The minimum absolute atomic E-state index is 0.0188. The molecule has 53 valence electrons. The number of carbonyl (C=O) groups is 1. The van der Waals surface area contributed by atoms with Crippen LogP contribution in [-0.2, 0) is 4.79 Å². The molecule has 0 aliphatic carbocycles. The maximum atomic E-state index is 10.2. The van der Waals surface area contributed by atoms with Crippen LogP contribution in [0.5, 0.6) is 0 Å². The van der Waals surface area contributed by atoms with E-state index in [0.29, 0.717) is 6.42 Å². The van der Waals surface area contributed by atoms with E-state index in [9.17, 15) is 4.79 Å². The molecule has 0 bridgehead atoms. The molecule has 0 aliphatic heterocycles. The van der Waals surface area contributed by atoms with Crippen LogP contribution in [0, 0.1) is 12.3 Å². The van der Waals surface area contributed by atoms with Crippen molar-refractivity contribution < 1.29 is 4.79 Å². The minimum atomic E-state index is -0.244. The fourth-order valence-corrected chi connectivity index (χ4v) is 0.462. The normalized spacial score (nSPS) is 11.4. The molecule has 0 heterocycles. The van der Waals surface area contributed by atoms with Gasteiger partial charge < -0.3 is 5.73 Å². The van der Waals surface area contributed by atoms with E-state index in [1.807, 2.05) is 13.8 Å². The Balaban J connectivity index is 3.39. The predicted molar refractivity (Wildman–Crippen MR) is 37.6 cm³/mol. The molecule has 0 atom stereocenters. The summed E-state index contributed by atoms with van der Waals surface area (Å²) in [6, 6.07) is 0. The number of hydrogen-bond acceptors (Lipinski definition) is 1. The van der Waals surface area contributed by atoms with Crippen molar-refractivity contribution in [2.24, 2.45) is 11.1 Å². The third kappa shape index (κ3) is 7.47. The largest absolute Gasteiger partial charge is 0.370 e. The maximum absolute atomic E-state index is 10.2. The Kier molecular flexibility index (Phi) is 2.68. The van der Waals surface area contributed by atoms with Crippen molar-refractivity contribution in [2.45, 2.75) is 26.7 Å². The molecule has 0 rings (SSSR count). The van der Waals surface area contributed by atoms with Crippen molar-refractivity contribution in [1.82, 2.24) is 0 Å². The molecule has 0 aromatic rings. The number of hydrogen-bond donors (Lipinski definition) is 1. The van der Waals surface area contributed by atoms with Crippen LogP contribution in [0.3, 0.4) is 0 Å². The lowest BCUT2D eigenvalue weighted by molar-refractivity contribution is -0.118. The molecule has 0 unspecified atom stereocenters. The highest BCUT2D eigenvalue weighted by Crippen LogP contribution is 2.19. The molecule has 0 fully saturated rings. The van der Waals surface area contributed by atoms with Gasteiger partial charge in [0.05, 0.1) is 0 Å². The van der Waals surface area contributed by atoms with Crippen LogP contribution in [-0.4, -0.2) is 5.91 Å². The molecule has 1 radical (unpaired) electrons. The maximum Gasteiger partial charge on any atom is 0.217 e. The molecule has 0 saturated carbocycles. The summed E-state index contributed by atoms with van der Waals surface area (Å²) in [5.41, 5.74) is 4.91. The Morgan fingerprint density at radius 3 is 2.22 bits per heavy atom. The van der Waals surface area contributed by atoms with E-state index in [4.69, 9.17) is 5.73 Å². The summed E-state index contributed by atoms with van der Waals surface area (Å²) >= 11 is 0.